The first-order valence-electron chi connectivity index (χ1n) is 5.07. The van der Waals surface area contributed by atoms with Crippen molar-refractivity contribution in [2.75, 3.05) is 7.11 Å². The number of ether oxygens (including phenoxy) is 1. The fraction of sp³-hybridized carbons (Fsp3) is 0.250. The van der Waals surface area contributed by atoms with E-state index in [1.54, 1.807) is 13.2 Å². The van der Waals surface area contributed by atoms with Gasteiger partial charge in [-0.15, -0.1) is 0 Å². The molecule has 0 unspecified atom stereocenters. The summed E-state index contributed by atoms with van der Waals surface area (Å²) >= 11 is 9.50. The van der Waals surface area contributed by atoms with Crippen LogP contribution in [0.1, 0.15) is 5.82 Å². The Morgan fingerprint density at radius 3 is 2.65 bits per heavy atom. The highest BCUT2D eigenvalue weighted by Gasteiger charge is 2.16. The summed E-state index contributed by atoms with van der Waals surface area (Å²) in [6.07, 6.45) is 0. The molecule has 0 radical (unpaired) electrons. The minimum absolute atomic E-state index is 0.673. The molecular formula is C12H12BrClN2O. The van der Waals surface area contributed by atoms with E-state index >= 15 is 0 Å². The molecule has 0 aliphatic carbocycles. The van der Waals surface area contributed by atoms with Crippen molar-refractivity contribution < 1.29 is 4.74 Å². The topological polar surface area (TPSA) is 27.1 Å². The number of nitrogens with zero attached hydrogens (tertiary/aromatic N) is 2. The molecule has 0 aliphatic heterocycles. The Morgan fingerprint density at radius 1 is 1.41 bits per heavy atom. The Labute approximate surface area is 114 Å². The van der Waals surface area contributed by atoms with Gasteiger partial charge in [-0.3, -0.25) is 0 Å². The molecular weight excluding hydrogens is 304 g/mol. The zero-order valence-electron chi connectivity index (χ0n) is 9.79. The van der Waals surface area contributed by atoms with Crippen LogP contribution in [0.15, 0.2) is 22.8 Å². The Bertz CT molecular complexity index is 566. The van der Waals surface area contributed by atoms with Gasteiger partial charge in [0.2, 0.25) is 0 Å². The first-order valence-corrected chi connectivity index (χ1v) is 6.24. The summed E-state index contributed by atoms with van der Waals surface area (Å²) in [7, 11) is 3.60. The molecule has 0 saturated carbocycles. The number of aryl methyl sites for hydroxylation is 1. The number of benzene rings is 1. The molecule has 3 nitrogen and oxygen atoms in total. The highest BCUT2D eigenvalue weighted by molar-refractivity contribution is 9.10. The highest BCUT2D eigenvalue weighted by atomic mass is 79.9. The van der Waals surface area contributed by atoms with Crippen molar-refractivity contribution in [1.82, 2.24) is 9.55 Å². The van der Waals surface area contributed by atoms with Gasteiger partial charge in [0.25, 0.3) is 0 Å². The minimum atomic E-state index is 0.673. The molecule has 0 aliphatic rings. The van der Waals surface area contributed by atoms with Gasteiger partial charge in [-0.1, -0.05) is 11.6 Å². The zero-order chi connectivity index (χ0) is 12.6. The van der Waals surface area contributed by atoms with Gasteiger partial charge >= 0.3 is 0 Å². The summed E-state index contributed by atoms with van der Waals surface area (Å²) in [6.45, 7) is 1.95. The number of hydrogen-bond donors (Lipinski definition) is 0. The van der Waals surface area contributed by atoms with Gasteiger partial charge in [0.15, 0.2) is 0 Å². The van der Waals surface area contributed by atoms with E-state index in [9.17, 15) is 0 Å². The second kappa shape index (κ2) is 4.70. The highest BCUT2D eigenvalue weighted by Crippen LogP contribution is 2.36. The first kappa shape index (κ1) is 12.5. The van der Waals surface area contributed by atoms with E-state index in [4.69, 9.17) is 16.3 Å². The summed E-state index contributed by atoms with van der Waals surface area (Å²) in [4.78, 5) is 4.37. The quantitative estimate of drug-likeness (QED) is 0.842. The molecule has 1 aromatic heterocycles. The largest absolute Gasteiger partial charge is 0.496 e. The SMILES string of the molecule is COc1ccc(Cl)cc1-c1c(Br)nc(C)n1C. The second-order valence-electron chi connectivity index (χ2n) is 3.70. The van der Waals surface area contributed by atoms with Crippen LogP contribution in [0, 0.1) is 6.92 Å². The summed E-state index contributed by atoms with van der Waals surface area (Å²) in [6, 6.07) is 5.54. The van der Waals surface area contributed by atoms with Crippen LogP contribution < -0.4 is 4.74 Å². The minimum Gasteiger partial charge on any atom is -0.496 e. The van der Waals surface area contributed by atoms with Crippen molar-refractivity contribution in [2.45, 2.75) is 6.92 Å². The van der Waals surface area contributed by atoms with Crippen LogP contribution in [0.25, 0.3) is 11.3 Å². The zero-order valence-corrected chi connectivity index (χ0v) is 12.1. The Kier molecular flexibility index (Phi) is 3.45. The van der Waals surface area contributed by atoms with E-state index < -0.39 is 0 Å². The molecule has 0 bridgehead atoms. The predicted octanol–water partition coefficient (Wildman–Crippen LogP) is 3.82. The molecule has 5 heteroatoms. The van der Waals surface area contributed by atoms with Gasteiger partial charge in [-0.05, 0) is 41.1 Å². The average molecular weight is 316 g/mol. The average Bonchev–Trinajstić information content (AvgIpc) is 2.53. The molecule has 17 heavy (non-hydrogen) atoms. The first-order chi connectivity index (χ1) is 8.04. The van der Waals surface area contributed by atoms with E-state index in [1.807, 2.05) is 30.7 Å². The van der Waals surface area contributed by atoms with Crippen LogP contribution >= 0.6 is 27.5 Å². The number of imidazole rings is 1. The molecule has 0 amide bonds. The van der Waals surface area contributed by atoms with Crippen molar-refractivity contribution in [1.29, 1.82) is 0 Å². The summed E-state index contributed by atoms with van der Waals surface area (Å²) in [5.74, 6) is 1.70. The monoisotopic (exact) mass is 314 g/mol. The van der Waals surface area contributed by atoms with Gasteiger partial charge in [-0.2, -0.15) is 0 Å². The number of hydrogen-bond acceptors (Lipinski definition) is 2. The molecule has 2 rings (SSSR count). The maximum atomic E-state index is 6.03. The van der Waals surface area contributed by atoms with Crippen LogP contribution in [0.2, 0.25) is 5.02 Å². The Morgan fingerprint density at radius 2 is 2.12 bits per heavy atom. The second-order valence-corrected chi connectivity index (χ2v) is 4.89. The number of rotatable bonds is 2. The predicted molar refractivity (Wildman–Crippen MR) is 72.6 cm³/mol. The van der Waals surface area contributed by atoms with Crippen LogP contribution in [-0.2, 0) is 7.05 Å². The third kappa shape index (κ3) is 2.19. The molecule has 1 aromatic carbocycles. The molecule has 2 aromatic rings. The van der Waals surface area contributed by atoms with Gasteiger partial charge in [-0.25, -0.2) is 4.98 Å². The summed E-state index contributed by atoms with van der Waals surface area (Å²) < 4.78 is 8.14. The van der Waals surface area contributed by atoms with Gasteiger partial charge < -0.3 is 9.30 Å². The molecule has 0 N–H and O–H groups in total. The van der Waals surface area contributed by atoms with E-state index in [0.717, 1.165) is 27.4 Å². The normalized spacial score (nSPS) is 10.6. The van der Waals surface area contributed by atoms with Crippen molar-refractivity contribution in [2.24, 2.45) is 7.05 Å². The summed E-state index contributed by atoms with van der Waals surface area (Å²) in [5, 5.41) is 0.673. The number of halogens is 2. The standard InChI is InChI=1S/C12H12BrClN2O/c1-7-15-12(13)11(16(7)2)9-6-8(14)4-5-10(9)17-3/h4-6H,1-3H3. The molecule has 0 spiro atoms. The Hall–Kier alpha value is -1.00. The van der Waals surface area contributed by atoms with Crippen molar-refractivity contribution in [3.05, 3.63) is 33.6 Å². The van der Waals surface area contributed by atoms with E-state index in [2.05, 4.69) is 20.9 Å². The lowest BCUT2D eigenvalue weighted by atomic mass is 10.1. The lowest BCUT2D eigenvalue weighted by Crippen LogP contribution is -1.96. The van der Waals surface area contributed by atoms with Gasteiger partial charge in [0.05, 0.1) is 12.8 Å². The van der Waals surface area contributed by atoms with E-state index in [-0.39, 0.29) is 0 Å². The fourth-order valence-corrected chi connectivity index (χ4v) is 2.64. The maximum absolute atomic E-state index is 6.03. The van der Waals surface area contributed by atoms with E-state index in [1.165, 1.54) is 0 Å². The van der Waals surface area contributed by atoms with Gasteiger partial charge in [0.1, 0.15) is 16.2 Å². The maximum Gasteiger partial charge on any atom is 0.132 e. The van der Waals surface area contributed by atoms with Crippen molar-refractivity contribution in [3.8, 4) is 17.0 Å². The third-order valence-electron chi connectivity index (χ3n) is 2.69. The number of aromatic nitrogens is 2. The lowest BCUT2D eigenvalue weighted by molar-refractivity contribution is 0.416. The van der Waals surface area contributed by atoms with Crippen LogP contribution in [-0.4, -0.2) is 16.7 Å². The van der Waals surface area contributed by atoms with E-state index in [0.29, 0.717) is 5.02 Å². The van der Waals surface area contributed by atoms with Crippen LogP contribution in [0.3, 0.4) is 0 Å². The molecule has 1 heterocycles. The Balaban J connectivity index is 2.71. The molecule has 90 valence electrons. The lowest BCUT2D eigenvalue weighted by Gasteiger charge is -2.10. The fourth-order valence-electron chi connectivity index (χ4n) is 1.73. The number of methoxy groups -OCH3 is 1. The molecule has 0 saturated heterocycles. The van der Waals surface area contributed by atoms with Gasteiger partial charge in [0, 0.05) is 17.6 Å². The summed E-state index contributed by atoms with van der Waals surface area (Å²) in [5.41, 5.74) is 1.89. The van der Waals surface area contributed by atoms with Crippen LogP contribution in [0.4, 0.5) is 0 Å². The van der Waals surface area contributed by atoms with Crippen molar-refractivity contribution >= 4 is 27.5 Å². The van der Waals surface area contributed by atoms with Crippen molar-refractivity contribution in [3.63, 3.8) is 0 Å². The molecule has 0 fully saturated rings. The van der Waals surface area contributed by atoms with Crippen LogP contribution in [0.5, 0.6) is 5.75 Å². The smallest absolute Gasteiger partial charge is 0.132 e. The molecule has 0 atom stereocenters. The third-order valence-corrected chi connectivity index (χ3v) is 3.48.